The number of aryl methyl sites for hydroxylation is 1. The van der Waals surface area contributed by atoms with E-state index < -0.39 is 5.60 Å². The van der Waals surface area contributed by atoms with Gasteiger partial charge < -0.3 is 10.2 Å². The fraction of sp³-hybridized carbons (Fsp3) is 0.647. The average Bonchev–Trinajstić information content (AvgIpc) is 2.37. The van der Waals surface area contributed by atoms with E-state index in [1.807, 2.05) is 19.1 Å². The maximum absolute atomic E-state index is 10.2. The van der Waals surface area contributed by atoms with Crippen molar-refractivity contribution in [1.29, 1.82) is 0 Å². The van der Waals surface area contributed by atoms with Crippen LogP contribution in [-0.2, 0) is 6.42 Å². The Hall–Kier alpha value is -0.860. The normalized spacial score (nSPS) is 16.1. The van der Waals surface area contributed by atoms with E-state index in [4.69, 9.17) is 0 Å². The lowest BCUT2D eigenvalue weighted by atomic mass is 9.91. The van der Waals surface area contributed by atoms with Crippen LogP contribution in [0, 0.1) is 0 Å². The van der Waals surface area contributed by atoms with E-state index in [-0.39, 0.29) is 6.10 Å². The van der Waals surface area contributed by atoms with Crippen LogP contribution in [0.2, 0.25) is 0 Å². The Morgan fingerprint density at radius 1 is 1.16 bits per heavy atom. The third-order valence-corrected chi connectivity index (χ3v) is 3.64. The minimum absolute atomic E-state index is 0.360. The van der Waals surface area contributed by atoms with Crippen molar-refractivity contribution in [2.24, 2.45) is 0 Å². The molecule has 0 aliphatic rings. The van der Waals surface area contributed by atoms with Gasteiger partial charge in [0.1, 0.15) is 0 Å². The highest BCUT2D eigenvalue weighted by Crippen LogP contribution is 2.23. The number of hydrogen-bond donors (Lipinski definition) is 2. The lowest BCUT2D eigenvalue weighted by molar-refractivity contribution is 0.0416. The van der Waals surface area contributed by atoms with E-state index in [9.17, 15) is 10.2 Å². The number of benzene rings is 1. The van der Waals surface area contributed by atoms with Crippen molar-refractivity contribution in [2.75, 3.05) is 0 Å². The summed E-state index contributed by atoms with van der Waals surface area (Å²) in [6, 6.07) is 8.12. The molecular formula is C17H28O2. The first kappa shape index (κ1) is 16.2. The van der Waals surface area contributed by atoms with Gasteiger partial charge in [-0.2, -0.15) is 0 Å². The molecule has 108 valence electrons. The molecule has 2 atom stereocenters. The Kier molecular flexibility index (Phi) is 6.53. The molecule has 0 radical (unpaired) electrons. The van der Waals surface area contributed by atoms with Crippen molar-refractivity contribution in [3.8, 4) is 0 Å². The second-order valence-electron chi connectivity index (χ2n) is 5.80. The zero-order valence-electron chi connectivity index (χ0n) is 12.5. The Morgan fingerprint density at radius 3 is 2.53 bits per heavy atom. The highest BCUT2D eigenvalue weighted by atomic mass is 16.3. The van der Waals surface area contributed by atoms with E-state index >= 15 is 0 Å². The number of rotatable bonds is 8. The predicted molar refractivity (Wildman–Crippen MR) is 80.2 cm³/mol. The molecule has 0 fully saturated rings. The molecule has 0 heterocycles. The molecule has 1 rings (SSSR count). The lowest BCUT2D eigenvalue weighted by Gasteiger charge is -2.22. The Bertz CT molecular complexity index is 371. The molecule has 0 saturated carbocycles. The molecule has 0 aliphatic heterocycles. The van der Waals surface area contributed by atoms with Crippen LogP contribution in [0.1, 0.15) is 70.1 Å². The number of aliphatic hydroxyl groups excluding tert-OH is 1. The number of hydrogen-bond acceptors (Lipinski definition) is 2. The van der Waals surface area contributed by atoms with E-state index in [1.54, 1.807) is 0 Å². The third-order valence-electron chi connectivity index (χ3n) is 3.64. The van der Waals surface area contributed by atoms with Gasteiger partial charge in [-0.25, -0.2) is 0 Å². The van der Waals surface area contributed by atoms with Gasteiger partial charge in [0.25, 0.3) is 0 Å². The third kappa shape index (κ3) is 5.75. The summed E-state index contributed by atoms with van der Waals surface area (Å²) in [4.78, 5) is 0. The van der Waals surface area contributed by atoms with Crippen molar-refractivity contribution in [2.45, 2.75) is 71.0 Å². The molecule has 1 aromatic rings. The van der Waals surface area contributed by atoms with Crippen LogP contribution >= 0.6 is 0 Å². The molecule has 2 nitrogen and oxygen atoms in total. The first-order chi connectivity index (χ1) is 8.98. The summed E-state index contributed by atoms with van der Waals surface area (Å²) in [5.74, 6) is 0. The first-order valence-electron chi connectivity index (χ1n) is 7.47. The van der Waals surface area contributed by atoms with Crippen LogP contribution in [0.3, 0.4) is 0 Å². The minimum atomic E-state index is -0.577. The summed E-state index contributed by atoms with van der Waals surface area (Å²) in [6.45, 7) is 6.08. The summed E-state index contributed by atoms with van der Waals surface area (Å²) in [7, 11) is 0. The molecule has 0 aromatic heterocycles. The van der Waals surface area contributed by atoms with E-state index in [1.165, 1.54) is 5.56 Å². The van der Waals surface area contributed by atoms with Gasteiger partial charge in [-0.1, -0.05) is 51.0 Å². The van der Waals surface area contributed by atoms with Gasteiger partial charge in [0.2, 0.25) is 0 Å². The highest BCUT2D eigenvalue weighted by molar-refractivity contribution is 5.25. The summed E-state index contributed by atoms with van der Waals surface area (Å²) >= 11 is 0. The maximum atomic E-state index is 10.2. The predicted octanol–water partition coefficient (Wildman–Crippen LogP) is 4.00. The van der Waals surface area contributed by atoms with E-state index in [2.05, 4.69) is 26.0 Å². The van der Waals surface area contributed by atoms with Crippen LogP contribution in [0.15, 0.2) is 24.3 Å². The molecule has 2 unspecified atom stereocenters. The van der Waals surface area contributed by atoms with Crippen LogP contribution in [0.4, 0.5) is 0 Å². The van der Waals surface area contributed by atoms with Gasteiger partial charge in [0, 0.05) is 0 Å². The van der Waals surface area contributed by atoms with E-state index in [0.717, 1.165) is 44.1 Å². The Morgan fingerprint density at radius 2 is 1.89 bits per heavy atom. The van der Waals surface area contributed by atoms with Crippen molar-refractivity contribution >= 4 is 0 Å². The molecule has 0 bridgehead atoms. The Labute approximate surface area is 117 Å². The summed E-state index contributed by atoms with van der Waals surface area (Å²) in [5.41, 5.74) is 1.62. The quantitative estimate of drug-likeness (QED) is 0.745. The monoisotopic (exact) mass is 264 g/mol. The maximum Gasteiger partial charge on any atom is 0.0790 e. The average molecular weight is 264 g/mol. The summed E-state index contributed by atoms with van der Waals surface area (Å²) < 4.78 is 0. The van der Waals surface area contributed by atoms with Crippen LogP contribution < -0.4 is 0 Å². The summed E-state index contributed by atoms with van der Waals surface area (Å²) in [5, 5.41) is 20.2. The van der Waals surface area contributed by atoms with Crippen molar-refractivity contribution in [3.05, 3.63) is 35.4 Å². The van der Waals surface area contributed by atoms with E-state index in [0.29, 0.717) is 0 Å². The van der Waals surface area contributed by atoms with Gasteiger partial charge in [-0.15, -0.1) is 0 Å². The smallest absolute Gasteiger partial charge is 0.0790 e. The second kappa shape index (κ2) is 7.66. The van der Waals surface area contributed by atoms with Crippen molar-refractivity contribution in [3.63, 3.8) is 0 Å². The fourth-order valence-corrected chi connectivity index (χ4v) is 2.47. The van der Waals surface area contributed by atoms with Gasteiger partial charge in [-0.3, -0.25) is 0 Å². The molecule has 0 aliphatic carbocycles. The zero-order valence-corrected chi connectivity index (χ0v) is 12.5. The molecule has 19 heavy (non-hydrogen) atoms. The minimum Gasteiger partial charge on any atom is -0.390 e. The molecule has 2 N–H and O–H groups in total. The second-order valence-corrected chi connectivity index (χ2v) is 5.80. The van der Waals surface area contributed by atoms with Crippen molar-refractivity contribution in [1.82, 2.24) is 0 Å². The Balaban J connectivity index is 2.62. The largest absolute Gasteiger partial charge is 0.390 e. The van der Waals surface area contributed by atoms with Gasteiger partial charge in [0.15, 0.2) is 0 Å². The topological polar surface area (TPSA) is 40.5 Å². The molecule has 0 saturated heterocycles. The highest BCUT2D eigenvalue weighted by Gasteiger charge is 2.18. The molecule has 1 aromatic carbocycles. The molecule has 2 heteroatoms. The lowest BCUT2D eigenvalue weighted by Crippen LogP contribution is -2.24. The van der Waals surface area contributed by atoms with Crippen molar-refractivity contribution < 1.29 is 10.2 Å². The molecular weight excluding hydrogens is 236 g/mol. The van der Waals surface area contributed by atoms with Gasteiger partial charge in [-0.05, 0) is 43.7 Å². The number of aliphatic hydroxyl groups is 2. The molecule has 0 spiro atoms. The summed E-state index contributed by atoms with van der Waals surface area (Å²) in [6.07, 6.45) is 4.90. The van der Waals surface area contributed by atoms with Crippen LogP contribution in [0.5, 0.6) is 0 Å². The molecule has 0 amide bonds. The zero-order chi connectivity index (χ0) is 14.3. The fourth-order valence-electron chi connectivity index (χ4n) is 2.47. The SMILES string of the molecule is CCCC(O)c1cccc(CCC(C)(O)CCC)c1. The standard InChI is InChI=1S/C17H28O2/c1-4-7-16(18)15-9-6-8-14(13-15)10-12-17(3,19)11-5-2/h6,8-9,13,16,18-19H,4-5,7,10-12H2,1-3H3. The first-order valence-corrected chi connectivity index (χ1v) is 7.47. The van der Waals surface area contributed by atoms with Crippen LogP contribution in [0.25, 0.3) is 0 Å². The van der Waals surface area contributed by atoms with Gasteiger partial charge in [0.05, 0.1) is 11.7 Å². The van der Waals surface area contributed by atoms with Gasteiger partial charge >= 0.3 is 0 Å². The van der Waals surface area contributed by atoms with Crippen LogP contribution in [-0.4, -0.2) is 15.8 Å².